The molecule has 3 N–H and O–H groups in total. The van der Waals surface area contributed by atoms with Gasteiger partial charge in [0.15, 0.2) is 6.10 Å². The first kappa shape index (κ1) is 54.5. The first-order chi connectivity index (χ1) is 27.2. The molecule has 0 rings (SSSR count). The second-order valence-corrected chi connectivity index (χ2v) is 16.9. The molecule has 0 spiro atoms. The SMILES string of the molecule is CCCCC/C=C\C/C=C\CCCCCCCCCC(=O)O[C@H](COC(=O)CCCCCCCCCCCCCCCCCC)COP(=O)(O)OC[C@@H](O)CO. The first-order valence-electron chi connectivity index (χ1n) is 22.8. The molecule has 0 aromatic carbocycles. The van der Waals surface area contributed by atoms with Gasteiger partial charge in [0.2, 0.25) is 0 Å². The Morgan fingerprint density at radius 2 is 0.929 bits per heavy atom. The molecule has 3 atom stereocenters. The third-order valence-corrected chi connectivity index (χ3v) is 10.8. The Morgan fingerprint density at radius 3 is 1.41 bits per heavy atom. The minimum atomic E-state index is -4.62. The highest BCUT2D eigenvalue weighted by molar-refractivity contribution is 7.47. The number of hydrogen-bond donors (Lipinski definition) is 3. The summed E-state index contributed by atoms with van der Waals surface area (Å²) in [5.74, 6) is -0.924. The predicted molar refractivity (Wildman–Crippen MR) is 228 cm³/mol. The van der Waals surface area contributed by atoms with Gasteiger partial charge in [0.25, 0.3) is 0 Å². The molecule has 0 saturated carbocycles. The van der Waals surface area contributed by atoms with E-state index in [2.05, 4.69) is 38.2 Å². The van der Waals surface area contributed by atoms with Crippen LogP contribution in [0.2, 0.25) is 0 Å². The number of carbonyl (C=O) groups excluding carboxylic acids is 2. The van der Waals surface area contributed by atoms with Crippen LogP contribution in [0.1, 0.15) is 213 Å². The fraction of sp³-hybridized carbons (Fsp3) is 0.867. The predicted octanol–water partition coefficient (Wildman–Crippen LogP) is 12.2. The van der Waals surface area contributed by atoms with Crippen molar-refractivity contribution in [3.63, 3.8) is 0 Å². The number of aliphatic hydroxyl groups is 2. The van der Waals surface area contributed by atoms with Gasteiger partial charge in [-0.25, -0.2) is 4.57 Å². The third kappa shape index (κ3) is 40.6. The summed E-state index contributed by atoms with van der Waals surface area (Å²) in [5, 5.41) is 18.3. The quantitative estimate of drug-likeness (QED) is 0.0235. The molecular weight excluding hydrogens is 731 g/mol. The van der Waals surface area contributed by atoms with E-state index in [1.165, 1.54) is 122 Å². The second kappa shape index (κ2) is 41.6. The summed E-state index contributed by atoms with van der Waals surface area (Å²) in [6.07, 6.45) is 41.3. The van der Waals surface area contributed by atoms with E-state index in [-0.39, 0.29) is 19.4 Å². The van der Waals surface area contributed by atoms with Gasteiger partial charge in [0, 0.05) is 12.8 Å². The lowest BCUT2D eigenvalue weighted by Crippen LogP contribution is -2.29. The molecule has 11 heteroatoms. The number of aliphatic hydroxyl groups excluding tert-OH is 2. The zero-order chi connectivity index (χ0) is 41.2. The van der Waals surface area contributed by atoms with Crippen LogP contribution in [-0.2, 0) is 32.7 Å². The maximum Gasteiger partial charge on any atom is 0.472 e. The molecule has 0 amide bonds. The van der Waals surface area contributed by atoms with E-state index < -0.39 is 51.8 Å². The van der Waals surface area contributed by atoms with Crippen LogP contribution < -0.4 is 0 Å². The van der Waals surface area contributed by atoms with Crippen molar-refractivity contribution < 1.29 is 47.8 Å². The molecule has 0 aliphatic rings. The van der Waals surface area contributed by atoms with Crippen molar-refractivity contribution in [1.29, 1.82) is 0 Å². The molecule has 0 aliphatic heterocycles. The van der Waals surface area contributed by atoms with Crippen molar-refractivity contribution >= 4 is 19.8 Å². The van der Waals surface area contributed by atoms with Crippen LogP contribution in [-0.4, -0.2) is 65.7 Å². The van der Waals surface area contributed by atoms with Gasteiger partial charge in [0.1, 0.15) is 12.7 Å². The third-order valence-electron chi connectivity index (χ3n) is 9.86. The van der Waals surface area contributed by atoms with Crippen LogP contribution in [0.5, 0.6) is 0 Å². The van der Waals surface area contributed by atoms with Gasteiger partial charge in [-0.3, -0.25) is 18.6 Å². The summed E-state index contributed by atoms with van der Waals surface area (Å²) < 4.78 is 32.8. The molecule has 0 aromatic rings. The van der Waals surface area contributed by atoms with Gasteiger partial charge in [-0.1, -0.05) is 179 Å². The molecule has 10 nitrogen and oxygen atoms in total. The molecule has 0 aromatic heterocycles. The average molecular weight is 817 g/mol. The number of allylic oxidation sites excluding steroid dienone is 4. The Labute approximate surface area is 342 Å². The summed E-state index contributed by atoms with van der Waals surface area (Å²) in [6, 6.07) is 0. The summed E-state index contributed by atoms with van der Waals surface area (Å²) in [6.45, 7) is 2.37. The van der Waals surface area contributed by atoms with Crippen LogP contribution in [0.4, 0.5) is 0 Å². The molecule has 330 valence electrons. The summed E-state index contributed by atoms with van der Waals surface area (Å²) in [5.41, 5.74) is 0. The fourth-order valence-corrected chi connectivity index (χ4v) is 7.11. The monoisotopic (exact) mass is 817 g/mol. The number of unbranched alkanes of at least 4 members (excludes halogenated alkanes) is 25. The summed E-state index contributed by atoms with van der Waals surface area (Å²) in [4.78, 5) is 35.0. The molecule has 0 fully saturated rings. The second-order valence-electron chi connectivity index (χ2n) is 15.4. The maximum absolute atomic E-state index is 12.6. The van der Waals surface area contributed by atoms with Crippen LogP contribution in [0.15, 0.2) is 24.3 Å². The van der Waals surface area contributed by atoms with E-state index in [1.807, 2.05) is 0 Å². The van der Waals surface area contributed by atoms with E-state index in [1.54, 1.807) is 0 Å². The molecule has 0 saturated heterocycles. The Balaban J connectivity index is 4.26. The Bertz CT molecular complexity index is 988. The van der Waals surface area contributed by atoms with Crippen molar-refractivity contribution in [3.05, 3.63) is 24.3 Å². The van der Waals surface area contributed by atoms with Gasteiger partial charge in [-0.15, -0.1) is 0 Å². The van der Waals surface area contributed by atoms with Gasteiger partial charge >= 0.3 is 19.8 Å². The lowest BCUT2D eigenvalue weighted by molar-refractivity contribution is -0.161. The highest BCUT2D eigenvalue weighted by Crippen LogP contribution is 2.43. The molecule has 56 heavy (non-hydrogen) atoms. The molecule has 0 aliphatic carbocycles. The first-order valence-corrected chi connectivity index (χ1v) is 24.3. The maximum atomic E-state index is 12.6. The molecule has 0 bridgehead atoms. The van der Waals surface area contributed by atoms with E-state index in [4.69, 9.17) is 23.6 Å². The number of hydrogen-bond acceptors (Lipinski definition) is 9. The van der Waals surface area contributed by atoms with Crippen LogP contribution in [0.3, 0.4) is 0 Å². The lowest BCUT2D eigenvalue weighted by Gasteiger charge is -2.20. The molecule has 1 unspecified atom stereocenters. The molecule has 0 radical (unpaired) electrons. The average Bonchev–Trinajstić information content (AvgIpc) is 3.19. The van der Waals surface area contributed by atoms with Crippen molar-refractivity contribution in [2.24, 2.45) is 0 Å². The number of phosphoric acid groups is 1. The van der Waals surface area contributed by atoms with Crippen molar-refractivity contribution in [3.8, 4) is 0 Å². The standard InChI is InChI=1S/C45H85O10P/c1-3-5-7-9-11-13-15-17-19-21-23-25-27-29-31-33-35-37-45(49)55-43(41-54-56(50,51)53-39-42(47)38-46)40-52-44(48)36-34-32-30-28-26-24-22-20-18-16-14-12-10-8-6-4-2/h11,13,17,19,42-43,46-47H,3-10,12,14-16,18,20-41H2,1-2H3,(H,50,51)/b13-11-,19-17-/t42-,43+/m0/s1. The van der Waals surface area contributed by atoms with Crippen LogP contribution in [0.25, 0.3) is 0 Å². The van der Waals surface area contributed by atoms with Gasteiger partial charge in [-0.2, -0.15) is 0 Å². The van der Waals surface area contributed by atoms with Gasteiger partial charge in [0.05, 0.1) is 19.8 Å². The van der Waals surface area contributed by atoms with E-state index in [0.717, 1.165) is 51.4 Å². The molecule has 0 heterocycles. The van der Waals surface area contributed by atoms with E-state index in [0.29, 0.717) is 12.8 Å². The summed E-state index contributed by atoms with van der Waals surface area (Å²) >= 11 is 0. The summed E-state index contributed by atoms with van der Waals surface area (Å²) in [7, 11) is -4.62. The normalized spacial score (nSPS) is 14.0. The zero-order valence-electron chi connectivity index (χ0n) is 35.9. The largest absolute Gasteiger partial charge is 0.472 e. The molecular formula is C45H85O10P. The van der Waals surface area contributed by atoms with E-state index in [9.17, 15) is 24.2 Å². The fourth-order valence-electron chi connectivity index (χ4n) is 6.32. The van der Waals surface area contributed by atoms with Crippen molar-refractivity contribution in [2.75, 3.05) is 26.4 Å². The minimum absolute atomic E-state index is 0.178. The van der Waals surface area contributed by atoms with Crippen molar-refractivity contribution in [2.45, 2.75) is 225 Å². The number of ether oxygens (including phenoxy) is 2. The Morgan fingerprint density at radius 1 is 0.536 bits per heavy atom. The topological polar surface area (TPSA) is 149 Å². The number of phosphoric ester groups is 1. The highest BCUT2D eigenvalue weighted by atomic mass is 31.2. The van der Waals surface area contributed by atoms with Crippen molar-refractivity contribution in [1.82, 2.24) is 0 Å². The Hall–Kier alpha value is -1.55. The Kier molecular flexibility index (Phi) is 40.5. The highest BCUT2D eigenvalue weighted by Gasteiger charge is 2.27. The number of carbonyl (C=O) groups is 2. The smallest absolute Gasteiger partial charge is 0.462 e. The van der Waals surface area contributed by atoms with Gasteiger partial charge in [-0.05, 0) is 44.9 Å². The zero-order valence-corrected chi connectivity index (χ0v) is 36.8. The number of rotatable bonds is 43. The van der Waals surface area contributed by atoms with E-state index >= 15 is 0 Å². The number of esters is 2. The van der Waals surface area contributed by atoms with Gasteiger partial charge < -0.3 is 24.6 Å². The van der Waals surface area contributed by atoms with Crippen LogP contribution in [0, 0.1) is 0 Å². The lowest BCUT2D eigenvalue weighted by atomic mass is 10.0. The van der Waals surface area contributed by atoms with Crippen LogP contribution >= 0.6 is 7.82 Å². The minimum Gasteiger partial charge on any atom is -0.462 e.